The van der Waals surface area contributed by atoms with Gasteiger partial charge in [-0.25, -0.2) is 0 Å². The molecule has 0 unspecified atom stereocenters. The Morgan fingerprint density at radius 1 is 1.14 bits per heavy atom. The fourth-order valence-electron chi connectivity index (χ4n) is 1.38. The first-order chi connectivity index (χ1) is 6.92. The lowest BCUT2D eigenvalue weighted by Gasteiger charge is -2.04. The maximum atomic E-state index is 5.39. The number of furan rings is 1. The zero-order valence-corrected chi connectivity index (χ0v) is 8.88. The summed E-state index contributed by atoms with van der Waals surface area (Å²) < 4.78 is 5.39. The summed E-state index contributed by atoms with van der Waals surface area (Å²) in [6.07, 6.45) is 1.71. The summed E-state index contributed by atoms with van der Waals surface area (Å²) in [6, 6.07) is 12.2. The van der Waals surface area contributed by atoms with Crippen LogP contribution < -0.4 is 0 Å². The third-order valence-corrected chi connectivity index (χ3v) is 2.93. The highest BCUT2D eigenvalue weighted by atomic mass is 32.2. The first-order valence-electron chi connectivity index (χ1n) is 4.67. The van der Waals surface area contributed by atoms with Crippen LogP contribution in [-0.2, 0) is 0 Å². The molecule has 0 aliphatic rings. The number of hydrogen-bond donors (Lipinski definition) is 0. The van der Waals surface area contributed by atoms with E-state index in [9.17, 15) is 0 Å². The largest absolute Gasteiger partial charge is 0.464 e. The maximum Gasteiger partial charge on any atom is 0.134 e. The molecule has 0 radical (unpaired) electrons. The highest BCUT2D eigenvalue weighted by molar-refractivity contribution is 7.99. The molecule has 0 aliphatic heterocycles. The number of benzene rings is 1. The zero-order valence-electron chi connectivity index (χ0n) is 8.07. The average Bonchev–Trinajstić information content (AvgIpc) is 2.72. The van der Waals surface area contributed by atoms with E-state index < -0.39 is 0 Å². The highest BCUT2D eigenvalue weighted by Crippen LogP contribution is 2.31. The topological polar surface area (TPSA) is 13.1 Å². The van der Waals surface area contributed by atoms with Gasteiger partial charge in [-0.1, -0.05) is 25.1 Å². The minimum Gasteiger partial charge on any atom is -0.464 e. The number of hydrogen-bond acceptors (Lipinski definition) is 2. The van der Waals surface area contributed by atoms with Crippen LogP contribution in [0.3, 0.4) is 0 Å². The van der Waals surface area contributed by atoms with Crippen LogP contribution in [0.25, 0.3) is 11.3 Å². The fraction of sp³-hybridized carbons (Fsp3) is 0.167. The molecule has 1 aromatic carbocycles. The van der Waals surface area contributed by atoms with E-state index in [4.69, 9.17) is 4.42 Å². The lowest BCUT2D eigenvalue weighted by molar-refractivity contribution is 0.581. The van der Waals surface area contributed by atoms with Crippen molar-refractivity contribution >= 4 is 11.8 Å². The van der Waals surface area contributed by atoms with Crippen molar-refractivity contribution < 1.29 is 4.42 Å². The Kier molecular flexibility index (Phi) is 2.94. The van der Waals surface area contributed by atoms with Gasteiger partial charge in [0, 0.05) is 10.5 Å². The van der Waals surface area contributed by atoms with Crippen molar-refractivity contribution in [2.45, 2.75) is 11.8 Å². The van der Waals surface area contributed by atoms with E-state index in [2.05, 4.69) is 25.1 Å². The smallest absolute Gasteiger partial charge is 0.134 e. The van der Waals surface area contributed by atoms with E-state index in [1.54, 1.807) is 6.26 Å². The summed E-state index contributed by atoms with van der Waals surface area (Å²) in [4.78, 5) is 1.28. The predicted octanol–water partition coefficient (Wildman–Crippen LogP) is 4.06. The Labute approximate surface area is 88.1 Å². The van der Waals surface area contributed by atoms with E-state index in [1.807, 2.05) is 30.0 Å². The minimum atomic E-state index is 0.946. The molecule has 0 atom stereocenters. The van der Waals surface area contributed by atoms with Gasteiger partial charge in [-0.05, 0) is 24.0 Å². The van der Waals surface area contributed by atoms with Gasteiger partial charge in [0.25, 0.3) is 0 Å². The van der Waals surface area contributed by atoms with Gasteiger partial charge in [-0.3, -0.25) is 0 Å². The molecule has 0 N–H and O–H groups in total. The van der Waals surface area contributed by atoms with Crippen molar-refractivity contribution in [1.29, 1.82) is 0 Å². The van der Waals surface area contributed by atoms with Crippen LogP contribution in [0.5, 0.6) is 0 Å². The number of thioether (sulfide) groups is 1. The van der Waals surface area contributed by atoms with Crippen molar-refractivity contribution in [3.8, 4) is 11.3 Å². The van der Waals surface area contributed by atoms with Crippen LogP contribution in [-0.4, -0.2) is 5.75 Å². The molecular weight excluding hydrogens is 192 g/mol. The van der Waals surface area contributed by atoms with Gasteiger partial charge in [0.2, 0.25) is 0 Å². The van der Waals surface area contributed by atoms with Crippen molar-refractivity contribution in [2.75, 3.05) is 5.75 Å². The average molecular weight is 204 g/mol. The summed E-state index contributed by atoms with van der Waals surface area (Å²) in [5.74, 6) is 2.03. The van der Waals surface area contributed by atoms with Gasteiger partial charge in [0.1, 0.15) is 5.76 Å². The molecule has 72 valence electrons. The molecule has 2 aromatic rings. The molecule has 1 aromatic heterocycles. The van der Waals surface area contributed by atoms with Crippen LogP contribution in [0.1, 0.15) is 6.92 Å². The summed E-state index contributed by atoms with van der Waals surface area (Å²) in [5.41, 5.74) is 1.18. The first-order valence-corrected chi connectivity index (χ1v) is 5.66. The molecule has 2 heteroatoms. The van der Waals surface area contributed by atoms with Gasteiger partial charge in [-0.2, -0.15) is 0 Å². The van der Waals surface area contributed by atoms with Crippen molar-refractivity contribution in [2.24, 2.45) is 0 Å². The SMILES string of the molecule is CCSc1ccccc1-c1ccco1. The van der Waals surface area contributed by atoms with Crippen LogP contribution in [0.2, 0.25) is 0 Å². The quantitative estimate of drug-likeness (QED) is 0.699. The third-order valence-electron chi connectivity index (χ3n) is 1.97. The summed E-state index contributed by atoms with van der Waals surface area (Å²) >= 11 is 1.84. The van der Waals surface area contributed by atoms with Crippen LogP contribution in [0.4, 0.5) is 0 Å². The second kappa shape index (κ2) is 4.38. The molecule has 0 saturated heterocycles. The van der Waals surface area contributed by atoms with E-state index in [0.717, 1.165) is 11.5 Å². The molecule has 0 bridgehead atoms. The first kappa shape index (κ1) is 9.41. The van der Waals surface area contributed by atoms with E-state index in [0.29, 0.717) is 0 Å². The number of rotatable bonds is 3. The summed E-state index contributed by atoms with van der Waals surface area (Å²) in [5, 5.41) is 0. The fourth-order valence-corrected chi connectivity index (χ4v) is 2.19. The molecule has 0 amide bonds. The molecule has 14 heavy (non-hydrogen) atoms. The molecular formula is C12H12OS. The monoisotopic (exact) mass is 204 g/mol. The Morgan fingerprint density at radius 2 is 2.00 bits per heavy atom. The van der Waals surface area contributed by atoms with Gasteiger partial charge >= 0.3 is 0 Å². The second-order valence-corrected chi connectivity index (χ2v) is 4.21. The van der Waals surface area contributed by atoms with Gasteiger partial charge in [-0.15, -0.1) is 11.8 Å². The van der Waals surface area contributed by atoms with Crippen molar-refractivity contribution in [3.05, 3.63) is 42.7 Å². The zero-order chi connectivity index (χ0) is 9.80. The molecule has 1 nitrogen and oxygen atoms in total. The lowest BCUT2D eigenvalue weighted by atomic mass is 10.2. The van der Waals surface area contributed by atoms with Gasteiger partial charge in [0.15, 0.2) is 0 Å². The summed E-state index contributed by atoms with van der Waals surface area (Å²) in [6.45, 7) is 2.16. The minimum absolute atomic E-state index is 0.946. The molecule has 1 heterocycles. The van der Waals surface area contributed by atoms with E-state index in [-0.39, 0.29) is 0 Å². The van der Waals surface area contributed by atoms with Crippen molar-refractivity contribution in [1.82, 2.24) is 0 Å². The molecule has 0 aliphatic carbocycles. The Balaban J connectivity index is 2.42. The second-order valence-electron chi connectivity index (χ2n) is 2.91. The van der Waals surface area contributed by atoms with Crippen LogP contribution in [0.15, 0.2) is 52.0 Å². The van der Waals surface area contributed by atoms with E-state index in [1.165, 1.54) is 10.5 Å². The molecule has 0 fully saturated rings. The van der Waals surface area contributed by atoms with Crippen LogP contribution in [0, 0.1) is 0 Å². The summed E-state index contributed by atoms with van der Waals surface area (Å²) in [7, 11) is 0. The predicted molar refractivity (Wildman–Crippen MR) is 60.5 cm³/mol. The van der Waals surface area contributed by atoms with Crippen LogP contribution >= 0.6 is 11.8 Å². The van der Waals surface area contributed by atoms with Crippen molar-refractivity contribution in [3.63, 3.8) is 0 Å². The molecule has 0 saturated carbocycles. The van der Waals surface area contributed by atoms with Gasteiger partial charge in [0.05, 0.1) is 6.26 Å². The maximum absolute atomic E-state index is 5.39. The third kappa shape index (κ3) is 1.85. The highest BCUT2D eigenvalue weighted by Gasteiger charge is 2.05. The molecule has 0 spiro atoms. The van der Waals surface area contributed by atoms with Gasteiger partial charge < -0.3 is 4.42 Å². The Bertz CT molecular complexity index is 392. The molecule has 2 rings (SSSR count). The Morgan fingerprint density at radius 3 is 2.71 bits per heavy atom. The van der Waals surface area contributed by atoms with E-state index >= 15 is 0 Å². The Hall–Kier alpha value is -1.15. The standard InChI is InChI=1S/C12H12OS/c1-2-14-12-8-4-3-6-10(12)11-7-5-9-13-11/h3-9H,2H2,1H3. The lowest BCUT2D eigenvalue weighted by Crippen LogP contribution is -1.79. The normalized spacial score (nSPS) is 10.4.